The number of aromatic nitrogens is 2. The highest BCUT2D eigenvalue weighted by Crippen LogP contribution is 2.27. The number of rotatable bonds is 5. The second-order valence-corrected chi connectivity index (χ2v) is 7.91. The molecule has 3 aromatic rings. The van der Waals surface area contributed by atoms with Gasteiger partial charge in [-0.1, -0.05) is 29.8 Å². The van der Waals surface area contributed by atoms with E-state index in [2.05, 4.69) is 15.3 Å². The van der Waals surface area contributed by atoms with Crippen molar-refractivity contribution >= 4 is 21.6 Å². The molecule has 0 atom stereocenters. The minimum Gasteiger partial charge on any atom is -0.342 e. The van der Waals surface area contributed by atoms with E-state index in [1.54, 1.807) is 18.3 Å². The molecule has 3 rings (SSSR count). The van der Waals surface area contributed by atoms with Crippen molar-refractivity contribution in [3.8, 4) is 11.4 Å². The molecule has 0 saturated carbocycles. The van der Waals surface area contributed by atoms with E-state index in [1.807, 2.05) is 38.1 Å². The first-order valence-electron chi connectivity index (χ1n) is 8.26. The van der Waals surface area contributed by atoms with Gasteiger partial charge in [0.05, 0.1) is 11.3 Å². The number of nitrogens with one attached hydrogen (secondary N) is 2. The van der Waals surface area contributed by atoms with E-state index in [9.17, 15) is 13.2 Å². The van der Waals surface area contributed by atoms with Gasteiger partial charge in [0.15, 0.2) is 0 Å². The molecule has 140 valence electrons. The molecule has 1 amide bonds. The van der Waals surface area contributed by atoms with Crippen LogP contribution in [-0.4, -0.2) is 24.3 Å². The number of nitrogens with zero attached hydrogens (tertiary/aromatic N) is 1. The van der Waals surface area contributed by atoms with Crippen LogP contribution in [0.5, 0.6) is 0 Å². The van der Waals surface area contributed by atoms with Crippen LogP contribution in [0.4, 0.5) is 5.69 Å². The Morgan fingerprint density at radius 2 is 1.85 bits per heavy atom. The number of carbonyl (C=O) groups excluding carboxylic acids is 1. The van der Waals surface area contributed by atoms with Crippen molar-refractivity contribution in [3.63, 3.8) is 0 Å². The minimum atomic E-state index is -4.01. The standard InChI is InChI=1S/C19H20N4O3S/c1-12-3-5-14(6-4-12)9-18(24)23-15-7-8-16(17(10-15)27(20,25)26)19-21-11-13(2)22-19/h3-8,10-11H,9H2,1-2H3,(H,21,22)(H,23,24)(H2,20,25,26). The molecule has 0 aliphatic carbocycles. The lowest BCUT2D eigenvalue weighted by Crippen LogP contribution is -2.17. The number of benzene rings is 2. The van der Waals surface area contributed by atoms with Crippen LogP contribution >= 0.6 is 0 Å². The van der Waals surface area contributed by atoms with Gasteiger partial charge < -0.3 is 10.3 Å². The van der Waals surface area contributed by atoms with Crippen molar-refractivity contribution in [1.82, 2.24) is 9.97 Å². The number of anilines is 1. The van der Waals surface area contributed by atoms with E-state index in [0.717, 1.165) is 16.8 Å². The maximum absolute atomic E-state index is 12.3. The van der Waals surface area contributed by atoms with Crippen LogP contribution in [-0.2, 0) is 21.2 Å². The van der Waals surface area contributed by atoms with Gasteiger partial charge in [-0.05, 0) is 37.6 Å². The average Bonchev–Trinajstić information content (AvgIpc) is 3.02. The Kier molecular flexibility index (Phi) is 5.11. The van der Waals surface area contributed by atoms with Crippen LogP contribution in [0.25, 0.3) is 11.4 Å². The second kappa shape index (κ2) is 7.34. The molecule has 2 aromatic carbocycles. The van der Waals surface area contributed by atoms with Crippen molar-refractivity contribution < 1.29 is 13.2 Å². The molecular weight excluding hydrogens is 364 g/mol. The third kappa shape index (κ3) is 4.60. The number of carbonyl (C=O) groups is 1. The average molecular weight is 384 g/mol. The number of aryl methyl sites for hydroxylation is 2. The van der Waals surface area contributed by atoms with Gasteiger partial charge in [0, 0.05) is 23.1 Å². The van der Waals surface area contributed by atoms with Crippen LogP contribution in [0.2, 0.25) is 0 Å². The normalized spacial score (nSPS) is 11.4. The van der Waals surface area contributed by atoms with E-state index in [1.165, 1.54) is 6.07 Å². The fourth-order valence-corrected chi connectivity index (χ4v) is 3.44. The highest BCUT2D eigenvalue weighted by Gasteiger charge is 2.18. The fourth-order valence-electron chi connectivity index (χ4n) is 2.68. The van der Waals surface area contributed by atoms with Gasteiger partial charge in [0.1, 0.15) is 5.82 Å². The van der Waals surface area contributed by atoms with Crippen LogP contribution < -0.4 is 10.5 Å². The maximum atomic E-state index is 12.3. The topological polar surface area (TPSA) is 118 Å². The highest BCUT2D eigenvalue weighted by molar-refractivity contribution is 7.89. The molecule has 0 radical (unpaired) electrons. The molecule has 0 saturated heterocycles. The van der Waals surface area contributed by atoms with Crippen LogP contribution in [0, 0.1) is 13.8 Å². The molecule has 0 aliphatic heterocycles. The number of aromatic amines is 1. The van der Waals surface area contributed by atoms with Crippen molar-refractivity contribution in [2.45, 2.75) is 25.2 Å². The van der Waals surface area contributed by atoms with E-state index in [-0.39, 0.29) is 17.2 Å². The summed E-state index contributed by atoms with van der Waals surface area (Å²) in [5.41, 5.74) is 3.47. The predicted molar refractivity (Wildman–Crippen MR) is 104 cm³/mol. The summed E-state index contributed by atoms with van der Waals surface area (Å²) in [4.78, 5) is 19.3. The van der Waals surface area contributed by atoms with Gasteiger partial charge in [-0.15, -0.1) is 0 Å². The lowest BCUT2D eigenvalue weighted by Gasteiger charge is -2.10. The summed E-state index contributed by atoms with van der Waals surface area (Å²) in [6.45, 7) is 3.79. The Hall–Kier alpha value is -2.97. The summed E-state index contributed by atoms with van der Waals surface area (Å²) in [7, 11) is -4.01. The monoisotopic (exact) mass is 384 g/mol. The number of nitrogens with two attached hydrogens (primary N) is 1. The van der Waals surface area contributed by atoms with E-state index >= 15 is 0 Å². The number of sulfonamides is 1. The molecular formula is C19H20N4O3S. The SMILES string of the molecule is Cc1ccc(CC(=O)Nc2ccc(-c3ncc(C)[nH]3)c(S(N)(=O)=O)c2)cc1. The molecule has 0 fully saturated rings. The predicted octanol–water partition coefficient (Wildman–Crippen LogP) is 2.52. The second-order valence-electron chi connectivity index (χ2n) is 6.38. The van der Waals surface area contributed by atoms with Gasteiger partial charge in [0.25, 0.3) is 0 Å². The maximum Gasteiger partial charge on any atom is 0.238 e. The van der Waals surface area contributed by atoms with Gasteiger partial charge in [-0.3, -0.25) is 4.79 Å². The smallest absolute Gasteiger partial charge is 0.238 e. The zero-order valence-electron chi connectivity index (χ0n) is 15.0. The highest BCUT2D eigenvalue weighted by atomic mass is 32.2. The Balaban J connectivity index is 1.86. The van der Waals surface area contributed by atoms with Gasteiger partial charge in [-0.2, -0.15) is 0 Å². The molecule has 4 N–H and O–H groups in total. The van der Waals surface area contributed by atoms with Crippen LogP contribution in [0.1, 0.15) is 16.8 Å². The van der Waals surface area contributed by atoms with Gasteiger partial charge in [0.2, 0.25) is 15.9 Å². The molecule has 7 nitrogen and oxygen atoms in total. The quantitative estimate of drug-likeness (QED) is 0.626. The minimum absolute atomic E-state index is 0.106. The van der Waals surface area contributed by atoms with Gasteiger partial charge in [-0.25, -0.2) is 18.5 Å². The Bertz CT molecular complexity index is 1090. The number of primary sulfonamides is 1. The summed E-state index contributed by atoms with van der Waals surface area (Å²) < 4.78 is 24.0. The Labute approximate surface area is 157 Å². The molecule has 27 heavy (non-hydrogen) atoms. The Morgan fingerprint density at radius 3 is 2.44 bits per heavy atom. The summed E-state index contributed by atoms with van der Waals surface area (Å²) in [5, 5.41) is 8.07. The first-order chi connectivity index (χ1) is 12.7. The van der Waals surface area contributed by atoms with Crippen LogP contribution in [0.3, 0.4) is 0 Å². The number of imidazole rings is 1. The molecule has 0 spiro atoms. The first-order valence-corrected chi connectivity index (χ1v) is 9.81. The van der Waals surface area contributed by atoms with E-state index < -0.39 is 10.0 Å². The Morgan fingerprint density at radius 1 is 1.15 bits per heavy atom. The molecule has 1 heterocycles. The molecule has 0 unspecified atom stereocenters. The zero-order valence-corrected chi connectivity index (χ0v) is 15.8. The number of amides is 1. The first kappa shape index (κ1) is 18.8. The van der Waals surface area contributed by atoms with Crippen molar-refractivity contribution in [3.05, 3.63) is 65.5 Å². The number of hydrogen-bond donors (Lipinski definition) is 3. The molecule has 8 heteroatoms. The van der Waals surface area contributed by atoms with Crippen molar-refractivity contribution in [2.75, 3.05) is 5.32 Å². The molecule has 1 aromatic heterocycles. The summed E-state index contributed by atoms with van der Waals surface area (Å²) in [6.07, 6.45) is 1.78. The summed E-state index contributed by atoms with van der Waals surface area (Å²) in [5.74, 6) is 0.148. The third-order valence-electron chi connectivity index (χ3n) is 4.02. The molecule has 0 bridgehead atoms. The zero-order chi connectivity index (χ0) is 19.6. The summed E-state index contributed by atoms with van der Waals surface area (Å²) in [6, 6.07) is 12.2. The largest absolute Gasteiger partial charge is 0.342 e. The third-order valence-corrected chi connectivity index (χ3v) is 4.97. The lowest BCUT2D eigenvalue weighted by molar-refractivity contribution is -0.115. The lowest BCUT2D eigenvalue weighted by atomic mass is 10.1. The van der Waals surface area contributed by atoms with E-state index in [4.69, 9.17) is 5.14 Å². The van der Waals surface area contributed by atoms with Crippen LogP contribution in [0.15, 0.2) is 53.6 Å². The molecule has 0 aliphatic rings. The fraction of sp³-hybridized carbons (Fsp3) is 0.158. The van der Waals surface area contributed by atoms with Crippen molar-refractivity contribution in [1.29, 1.82) is 0 Å². The van der Waals surface area contributed by atoms with E-state index in [0.29, 0.717) is 17.1 Å². The number of hydrogen-bond acceptors (Lipinski definition) is 4. The van der Waals surface area contributed by atoms with Gasteiger partial charge >= 0.3 is 0 Å². The summed E-state index contributed by atoms with van der Waals surface area (Å²) >= 11 is 0. The number of H-pyrrole nitrogens is 1. The van der Waals surface area contributed by atoms with Crippen molar-refractivity contribution in [2.24, 2.45) is 5.14 Å².